The topological polar surface area (TPSA) is 69.3 Å². The SMILES string of the molecule is N#Cc1ccc(-c2nc(-c3cc(-n4c5ccccc5c5ccc(-n6c7ccccc7c7ccccc76)cc54)cc(-n4c5ccccc5c5ccc(-n6c7ccccc7c7ccccc76)cc54)c3)c3c(n2)-c2cccc4cccc-3c24)cc1. The zero-order valence-corrected chi connectivity index (χ0v) is 44.0. The Morgan fingerprint density at radius 2 is 0.683 bits per heavy atom. The fourth-order valence-electron chi connectivity index (χ4n) is 13.8. The molecule has 0 bridgehead atoms. The van der Waals surface area contributed by atoms with Gasteiger partial charge in [-0.05, 0) is 119 Å². The standard InChI is InChI=1S/C75H43N7/c76-44-45-31-33-47(34-32-45)75-77-73(72-61-23-13-15-46-16-14-24-62(71(46)61)74(72)78-75)48-39-51(81-67-29-11-5-21-57(67)59-37-35-49(42-69(59)81)79-63-25-7-1-17-53(63)54-18-2-8-26-64(54)79)41-52(40-48)82-68-30-12-6-22-58(68)60-38-36-50(43-70(60)82)80-65-27-9-3-19-55(65)56-20-4-10-28-66(56)80/h1-43H. The van der Waals surface area contributed by atoms with E-state index in [4.69, 9.17) is 9.97 Å². The Bertz CT molecular complexity index is 5300. The minimum Gasteiger partial charge on any atom is -0.309 e. The highest BCUT2D eigenvalue weighted by Gasteiger charge is 2.30. The van der Waals surface area contributed by atoms with E-state index in [2.05, 4.69) is 261 Å². The zero-order valence-electron chi connectivity index (χ0n) is 44.0. The molecule has 0 aliphatic heterocycles. The Labute approximate surface area is 469 Å². The molecular formula is C75H43N7. The van der Waals surface area contributed by atoms with Gasteiger partial charge in [0, 0.05) is 88.1 Å². The Morgan fingerprint density at radius 3 is 1.12 bits per heavy atom. The van der Waals surface area contributed by atoms with Crippen molar-refractivity contribution in [3.8, 4) is 73.8 Å². The third-order valence-electron chi connectivity index (χ3n) is 17.3. The molecule has 18 rings (SSSR count). The maximum Gasteiger partial charge on any atom is 0.160 e. The Kier molecular flexibility index (Phi) is 9.17. The van der Waals surface area contributed by atoms with Crippen LogP contribution in [0.3, 0.4) is 0 Å². The lowest BCUT2D eigenvalue weighted by Gasteiger charge is -2.18. The van der Waals surface area contributed by atoms with Crippen molar-refractivity contribution in [2.45, 2.75) is 0 Å². The van der Waals surface area contributed by atoms with Crippen LogP contribution in [0.1, 0.15) is 5.56 Å². The van der Waals surface area contributed by atoms with Crippen LogP contribution in [-0.2, 0) is 0 Å². The highest BCUT2D eigenvalue weighted by atomic mass is 15.0. The van der Waals surface area contributed by atoms with Gasteiger partial charge in [0.25, 0.3) is 0 Å². The maximum absolute atomic E-state index is 9.88. The summed E-state index contributed by atoms with van der Waals surface area (Å²) in [4.78, 5) is 11.2. The molecule has 7 nitrogen and oxygen atoms in total. The van der Waals surface area contributed by atoms with E-state index in [9.17, 15) is 5.26 Å². The van der Waals surface area contributed by atoms with E-state index in [0.29, 0.717) is 11.4 Å². The maximum atomic E-state index is 9.88. The van der Waals surface area contributed by atoms with E-state index in [1.807, 2.05) is 24.3 Å². The largest absolute Gasteiger partial charge is 0.309 e. The summed E-state index contributed by atoms with van der Waals surface area (Å²) in [7, 11) is 0. The molecule has 0 unspecified atom stereocenters. The minimum absolute atomic E-state index is 0.583. The zero-order chi connectivity index (χ0) is 53.7. The van der Waals surface area contributed by atoms with Crippen LogP contribution in [0.4, 0.5) is 0 Å². The second-order valence-corrected chi connectivity index (χ2v) is 21.6. The number of para-hydroxylation sites is 6. The third-order valence-corrected chi connectivity index (χ3v) is 17.3. The molecule has 0 radical (unpaired) electrons. The van der Waals surface area contributed by atoms with Gasteiger partial charge in [-0.15, -0.1) is 0 Å². The average molecular weight is 1040 g/mol. The molecule has 1 aliphatic rings. The summed E-state index contributed by atoms with van der Waals surface area (Å²) in [6.45, 7) is 0. The number of aromatic nitrogens is 6. The number of nitrogens with zero attached hydrogens (tertiary/aromatic N) is 7. The molecule has 1 aliphatic carbocycles. The van der Waals surface area contributed by atoms with Crippen molar-refractivity contribution in [3.05, 3.63) is 266 Å². The van der Waals surface area contributed by atoms with Crippen molar-refractivity contribution in [1.82, 2.24) is 28.2 Å². The fourth-order valence-corrected chi connectivity index (χ4v) is 13.8. The highest BCUT2D eigenvalue weighted by molar-refractivity contribution is 6.18. The van der Waals surface area contributed by atoms with Gasteiger partial charge in [0.2, 0.25) is 0 Å². The van der Waals surface area contributed by atoms with Crippen molar-refractivity contribution >= 4 is 98.0 Å². The molecule has 5 heterocycles. The normalized spacial score (nSPS) is 12.1. The van der Waals surface area contributed by atoms with E-state index >= 15 is 0 Å². The molecule has 0 saturated heterocycles. The lowest BCUT2D eigenvalue weighted by molar-refractivity contribution is 1.12. The van der Waals surface area contributed by atoms with Gasteiger partial charge in [-0.2, -0.15) is 5.26 Å². The van der Waals surface area contributed by atoms with Crippen LogP contribution in [0.15, 0.2) is 261 Å². The molecule has 12 aromatic carbocycles. The molecule has 0 atom stereocenters. The van der Waals surface area contributed by atoms with Crippen molar-refractivity contribution in [2.75, 3.05) is 0 Å². The lowest BCUT2D eigenvalue weighted by Crippen LogP contribution is -2.03. The van der Waals surface area contributed by atoms with E-state index < -0.39 is 0 Å². The molecule has 82 heavy (non-hydrogen) atoms. The van der Waals surface area contributed by atoms with E-state index in [0.717, 1.165) is 122 Å². The fraction of sp³-hybridized carbons (Fsp3) is 0. The van der Waals surface area contributed by atoms with Crippen LogP contribution in [-0.4, -0.2) is 28.2 Å². The number of nitriles is 1. The van der Waals surface area contributed by atoms with Crippen molar-refractivity contribution in [3.63, 3.8) is 0 Å². The summed E-state index contributed by atoms with van der Waals surface area (Å²) in [6, 6.07) is 96.5. The first kappa shape index (κ1) is 44.6. The van der Waals surface area contributed by atoms with Gasteiger partial charge < -0.3 is 18.3 Å². The lowest BCUT2D eigenvalue weighted by atomic mass is 9.98. The number of rotatable bonds is 6. The van der Waals surface area contributed by atoms with Gasteiger partial charge >= 0.3 is 0 Å². The summed E-state index contributed by atoms with van der Waals surface area (Å²) < 4.78 is 9.75. The number of fused-ring (bicyclic) bond motifs is 15. The van der Waals surface area contributed by atoms with E-state index in [-0.39, 0.29) is 0 Å². The van der Waals surface area contributed by atoms with E-state index in [1.165, 1.54) is 37.7 Å². The Morgan fingerprint density at radius 1 is 0.293 bits per heavy atom. The first-order valence-electron chi connectivity index (χ1n) is 27.8. The van der Waals surface area contributed by atoms with Gasteiger partial charge in [-0.1, -0.05) is 158 Å². The first-order chi connectivity index (χ1) is 40.6. The second-order valence-electron chi connectivity index (χ2n) is 21.6. The summed E-state index contributed by atoms with van der Waals surface area (Å²) in [5.74, 6) is 0.593. The second kappa shape index (κ2) is 16.8. The highest BCUT2D eigenvalue weighted by Crippen LogP contribution is 2.51. The molecular weight excluding hydrogens is 999 g/mol. The average Bonchev–Trinajstić information content (AvgIpc) is 4.49. The van der Waals surface area contributed by atoms with Crippen molar-refractivity contribution in [2.24, 2.45) is 0 Å². The number of hydrogen-bond donors (Lipinski definition) is 0. The molecule has 7 heteroatoms. The third kappa shape index (κ3) is 6.23. The van der Waals surface area contributed by atoms with Gasteiger partial charge in [0.05, 0.1) is 67.2 Å². The molecule has 0 fully saturated rings. The van der Waals surface area contributed by atoms with Crippen LogP contribution in [0.2, 0.25) is 0 Å². The predicted molar refractivity (Wildman–Crippen MR) is 337 cm³/mol. The molecule has 378 valence electrons. The molecule has 0 N–H and O–H groups in total. The Balaban J connectivity index is 0.966. The summed E-state index contributed by atoms with van der Waals surface area (Å²) in [6.07, 6.45) is 0. The molecule has 0 saturated carbocycles. The van der Waals surface area contributed by atoms with Gasteiger partial charge in [-0.3, -0.25) is 0 Å². The summed E-state index contributed by atoms with van der Waals surface area (Å²) in [5.41, 5.74) is 20.4. The van der Waals surface area contributed by atoms with Gasteiger partial charge in [-0.25, -0.2) is 9.97 Å². The van der Waals surface area contributed by atoms with Crippen LogP contribution < -0.4 is 0 Å². The van der Waals surface area contributed by atoms with Crippen LogP contribution >= 0.6 is 0 Å². The van der Waals surface area contributed by atoms with Crippen molar-refractivity contribution in [1.29, 1.82) is 5.26 Å². The van der Waals surface area contributed by atoms with Gasteiger partial charge in [0.1, 0.15) is 0 Å². The molecule has 0 amide bonds. The van der Waals surface area contributed by atoms with Crippen LogP contribution in [0.25, 0.3) is 166 Å². The quantitative estimate of drug-likeness (QED) is 0.167. The number of hydrogen-bond acceptors (Lipinski definition) is 3. The predicted octanol–water partition coefficient (Wildman–Crippen LogP) is 18.9. The summed E-state index contributed by atoms with van der Waals surface area (Å²) >= 11 is 0. The minimum atomic E-state index is 0.583. The van der Waals surface area contributed by atoms with E-state index in [1.54, 1.807) is 0 Å². The van der Waals surface area contributed by atoms with Crippen molar-refractivity contribution < 1.29 is 0 Å². The Hall–Kier alpha value is -11.3. The molecule has 5 aromatic heterocycles. The van der Waals surface area contributed by atoms with Gasteiger partial charge in [0.15, 0.2) is 5.82 Å². The van der Waals surface area contributed by atoms with Crippen LogP contribution in [0.5, 0.6) is 0 Å². The number of benzene rings is 12. The molecule has 0 spiro atoms. The molecule has 17 aromatic rings. The van der Waals surface area contributed by atoms with Crippen LogP contribution in [0, 0.1) is 11.3 Å². The summed E-state index contributed by atoms with van der Waals surface area (Å²) in [5, 5.41) is 21.7. The monoisotopic (exact) mass is 1040 g/mol. The smallest absolute Gasteiger partial charge is 0.160 e. The first-order valence-corrected chi connectivity index (χ1v) is 27.8.